The van der Waals surface area contributed by atoms with Crippen LogP contribution >= 0.6 is 11.6 Å². The molecule has 0 fully saturated rings. The normalized spacial score (nSPS) is 11.1. The maximum absolute atomic E-state index is 5.91. The van der Waals surface area contributed by atoms with Gasteiger partial charge in [0.15, 0.2) is 5.65 Å². The summed E-state index contributed by atoms with van der Waals surface area (Å²) in [5.74, 6) is 0. The minimum Gasteiger partial charge on any atom is -0.233 e. The minimum absolute atomic E-state index is 0.732. The SMILES string of the molecule is Cc1cc(C)n2ncc(-c3ccc(Cl)cc3)c2n1. The average molecular weight is 258 g/mol. The lowest BCUT2D eigenvalue weighted by Crippen LogP contribution is -1.97. The smallest absolute Gasteiger partial charge is 0.163 e. The van der Waals surface area contributed by atoms with Gasteiger partial charge in [-0.25, -0.2) is 9.50 Å². The van der Waals surface area contributed by atoms with Crippen molar-refractivity contribution in [2.75, 3.05) is 0 Å². The Morgan fingerprint density at radius 1 is 1.11 bits per heavy atom. The van der Waals surface area contributed by atoms with Gasteiger partial charge in [0.25, 0.3) is 0 Å². The van der Waals surface area contributed by atoms with E-state index in [9.17, 15) is 0 Å². The quantitative estimate of drug-likeness (QED) is 0.666. The van der Waals surface area contributed by atoms with E-state index in [1.165, 1.54) is 0 Å². The van der Waals surface area contributed by atoms with Gasteiger partial charge in [-0.2, -0.15) is 5.10 Å². The van der Waals surface area contributed by atoms with Crippen LogP contribution < -0.4 is 0 Å². The molecule has 3 aromatic rings. The molecule has 4 heteroatoms. The molecule has 0 atom stereocenters. The molecule has 0 spiro atoms. The van der Waals surface area contributed by atoms with Crippen LogP contribution in [0.1, 0.15) is 11.4 Å². The third kappa shape index (κ3) is 1.77. The molecule has 3 rings (SSSR count). The first-order chi connectivity index (χ1) is 8.65. The predicted octanol–water partition coefficient (Wildman–Crippen LogP) is 3.67. The first-order valence-corrected chi connectivity index (χ1v) is 6.11. The van der Waals surface area contributed by atoms with Gasteiger partial charge in [0, 0.05) is 22.0 Å². The number of fused-ring (bicyclic) bond motifs is 1. The maximum Gasteiger partial charge on any atom is 0.163 e. The summed E-state index contributed by atoms with van der Waals surface area (Å²) in [5, 5.41) is 5.11. The number of halogens is 1. The largest absolute Gasteiger partial charge is 0.233 e. The Labute approximate surface area is 110 Å². The summed E-state index contributed by atoms with van der Waals surface area (Å²) in [6.45, 7) is 4.02. The molecule has 0 bridgehead atoms. The Morgan fingerprint density at radius 3 is 2.56 bits per heavy atom. The van der Waals surface area contributed by atoms with E-state index in [1.54, 1.807) is 0 Å². The van der Waals surface area contributed by atoms with Crippen LogP contribution in [0.3, 0.4) is 0 Å². The van der Waals surface area contributed by atoms with Crippen molar-refractivity contribution >= 4 is 17.2 Å². The van der Waals surface area contributed by atoms with Gasteiger partial charge in [0.2, 0.25) is 0 Å². The Bertz CT molecular complexity index is 714. The lowest BCUT2D eigenvalue weighted by atomic mass is 10.1. The fourth-order valence-electron chi connectivity index (χ4n) is 2.10. The molecule has 0 N–H and O–H groups in total. The first-order valence-electron chi connectivity index (χ1n) is 5.73. The van der Waals surface area contributed by atoms with Gasteiger partial charge in [0.05, 0.1) is 6.20 Å². The predicted molar refractivity (Wildman–Crippen MR) is 72.9 cm³/mol. The van der Waals surface area contributed by atoms with Crippen LogP contribution in [-0.4, -0.2) is 14.6 Å². The molecule has 0 amide bonds. The summed E-state index contributed by atoms with van der Waals surface area (Å²) >= 11 is 5.91. The molecule has 0 saturated heterocycles. The molecule has 1 aromatic carbocycles. The zero-order valence-electron chi connectivity index (χ0n) is 10.2. The molecule has 0 radical (unpaired) electrons. The zero-order valence-corrected chi connectivity index (χ0v) is 10.9. The van der Waals surface area contributed by atoms with Gasteiger partial charge in [-0.1, -0.05) is 23.7 Å². The number of aromatic nitrogens is 3. The minimum atomic E-state index is 0.732. The van der Waals surface area contributed by atoms with Crippen LogP contribution in [0.15, 0.2) is 36.5 Å². The molecular weight excluding hydrogens is 246 g/mol. The fraction of sp³-hybridized carbons (Fsp3) is 0.143. The lowest BCUT2D eigenvalue weighted by Gasteiger charge is -2.03. The fourth-order valence-corrected chi connectivity index (χ4v) is 2.23. The van der Waals surface area contributed by atoms with E-state index < -0.39 is 0 Å². The van der Waals surface area contributed by atoms with Gasteiger partial charge in [0.1, 0.15) is 0 Å². The number of benzene rings is 1. The number of nitrogens with zero attached hydrogens (tertiary/aromatic N) is 3. The van der Waals surface area contributed by atoms with Crippen LogP contribution in [0.2, 0.25) is 5.02 Å². The van der Waals surface area contributed by atoms with Crippen molar-refractivity contribution in [2.45, 2.75) is 13.8 Å². The van der Waals surface area contributed by atoms with Crippen LogP contribution in [0.5, 0.6) is 0 Å². The van der Waals surface area contributed by atoms with Gasteiger partial charge in [-0.15, -0.1) is 0 Å². The van der Waals surface area contributed by atoms with Gasteiger partial charge < -0.3 is 0 Å². The van der Waals surface area contributed by atoms with Crippen molar-refractivity contribution in [1.29, 1.82) is 0 Å². The second-order valence-electron chi connectivity index (χ2n) is 4.34. The van der Waals surface area contributed by atoms with E-state index in [-0.39, 0.29) is 0 Å². The number of hydrogen-bond donors (Lipinski definition) is 0. The standard InChI is InChI=1S/C14H12ClN3/c1-9-7-10(2)18-14(17-9)13(8-16-18)11-3-5-12(15)6-4-11/h3-8H,1-2H3. The van der Waals surface area contributed by atoms with Crippen molar-refractivity contribution in [3.63, 3.8) is 0 Å². The van der Waals surface area contributed by atoms with Crippen LogP contribution in [0.4, 0.5) is 0 Å². The average Bonchev–Trinajstić information content (AvgIpc) is 2.74. The van der Waals surface area contributed by atoms with Crippen molar-refractivity contribution < 1.29 is 0 Å². The van der Waals surface area contributed by atoms with E-state index in [0.717, 1.165) is 33.2 Å². The third-order valence-electron chi connectivity index (χ3n) is 2.93. The summed E-state index contributed by atoms with van der Waals surface area (Å²) in [7, 11) is 0. The maximum atomic E-state index is 5.91. The van der Waals surface area contributed by atoms with Crippen LogP contribution in [0, 0.1) is 13.8 Å². The second-order valence-corrected chi connectivity index (χ2v) is 4.78. The van der Waals surface area contributed by atoms with Crippen molar-refractivity contribution in [2.24, 2.45) is 0 Å². The molecule has 3 nitrogen and oxygen atoms in total. The topological polar surface area (TPSA) is 30.2 Å². The number of aryl methyl sites for hydroxylation is 2. The Kier molecular flexibility index (Phi) is 2.56. The third-order valence-corrected chi connectivity index (χ3v) is 3.19. The highest BCUT2D eigenvalue weighted by Gasteiger charge is 2.09. The molecule has 0 aliphatic rings. The molecule has 90 valence electrons. The van der Waals surface area contributed by atoms with E-state index in [1.807, 2.05) is 54.9 Å². The molecule has 18 heavy (non-hydrogen) atoms. The van der Waals surface area contributed by atoms with Crippen molar-refractivity contribution in [3.8, 4) is 11.1 Å². The van der Waals surface area contributed by atoms with Gasteiger partial charge in [-0.3, -0.25) is 0 Å². The molecular formula is C14H12ClN3. The molecule has 2 aromatic heterocycles. The molecule has 0 saturated carbocycles. The highest BCUT2D eigenvalue weighted by Crippen LogP contribution is 2.25. The highest BCUT2D eigenvalue weighted by molar-refractivity contribution is 6.30. The van der Waals surface area contributed by atoms with E-state index in [2.05, 4.69) is 10.1 Å². The second kappa shape index (κ2) is 4.10. The molecule has 0 unspecified atom stereocenters. The Hall–Kier alpha value is -1.87. The van der Waals surface area contributed by atoms with E-state index >= 15 is 0 Å². The van der Waals surface area contributed by atoms with Gasteiger partial charge >= 0.3 is 0 Å². The summed E-state index contributed by atoms with van der Waals surface area (Å²) in [5.41, 5.74) is 5.06. The summed E-state index contributed by atoms with van der Waals surface area (Å²) in [6.07, 6.45) is 1.85. The first kappa shape index (κ1) is 11.2. The van der Waals surface area contributed by atoms with Crippen LogP contribution in [0.25, 0.3) is 16.8 Å². The van der Waals surface area contributed by atoms with Crippen molar-refractivity contribution in [3.05, 3.63) is 52.9 Å². The summed E-state index contributed by atoms with van der Waals surface area (Å²) < 4.78 is 1.86. The molecule has 2 heterocycles. The monoisotopic (exact) mass is 257 g/mol. The highest BCUT2D eigenvalue weighted by atomic mass is 35.5. The van der Waals surface area contributed by atoms with Crippen LogP contribution in [-0.2, 0) is 0 Å². The van der Waals surface area contributed by atoms with E-state index in [0.29, 0.717) is 0 Å². The molecule has 0 aliphatic heterocycles. The van der Waals surface area contributed by atoms with E-state index in [4.69, 9.17) is 11.6 Å². The summed E-state index contributed by atoms with van der Waals surface area (Å²) in [6, 6.07) is 9.75. The Morgan fingerprint density at radius 2 is 1.83 bits per heavy atom. The number of rotatable bonds is 1. The molecule has 0 aliphatic carbocycles. The zero-order chi connectivity index (χ0) is 12.7. The number of hydrogen-bond acceptors (Lipinski definition) is 2. The van der Waals surface area contributed by atoms with Gasteiger partial charge in [-0.05, 0) is 37.6 Å². The summed E-state index contributed by atoms with van der Waals surface area (Å²) in [4.78, 5) is 4.56. The Balaban J connectivity index is 2.27. The van der Waals surface area contributed by atoms with Crippen molar-refractivity contribution in [1.82, 2.24) is 14.6 Å². The lowest BCUT2D eigenvalue weighted by molar-refractivity contribution is 0.886.